The van der Waals surface area contributed by atoms with Gasteiger partial charge in [-0.2, -0.15) is 0 Å². The standard InChI is InChI=1S/C18H30N2O/c1-4-21-12-8-11-20-15-18(2,3)19-14-17(20)13-16-9-6-5-7-10-16/h5-7,9-10,17,19H,4,8,11-15H2,1-3H3. The van der Waals surface area contributed by atoms with Gasteiger partial charge in [0.25, 0.3) is 0 Å². The normalized spacial score (nSPS) is 22.3. The lowest BCUT2D eigenvalue weighted by atomic mass is 9.95. The fraction of sp³-hybridized carbons (Fsp3) is 0.667. The molecule has 0 amide bonds. The van der Waals surface area contributed by atoms with Gasteiger partial charge >= 0.3 is 0 Å². The van der Waals surface area contributed by atoms with E-state index >= 15 is 0 Å². The van der Waals surface area contributed by atoms with Crippen molar-refractivity contribution in [2.24, 2.45) is 0 Å². The Morgan fingerprint density at radius 3 is 2.76 bits per heavy atom. The third-order valence-electron chi connectivity index (χ3n) is 4.18. The van der Waals surface area contributed by atoms with Crippen LogP contribution in [0.4, 0.5) is 0 Å². The molecule has 3 heteroatoms. The topological polar surface area (TPSA) is 24.5 Å². The van der Waals surface area contributed by atoms with E-state index in [2.05, 4.69) is 61.3 Å². The van der Waals surface area contributed by atoms with Crippen molar-refractivity contribution in [3.63, 3.8) is 0 Å². The molecule has 1 unspecified atom stereocenters. The van der Waals surface area contributed by atoms with Crippen molar-refractivity contribution >= 4 is 0 Å². The zero-order chi connectivity index (χ0) is 15.1. The quantitative estimate of drug-likeness (QED) is 0.782. The van der Waals surface area contributed by atoms with Crippen molar-refractivity contribution in [2.75, 3.05) is 32.8 Å². The summed E-state index contributed by atoms with van der Waals surface area (Å²) in [6.45, 7) is 11.6. The zero-order valence-corrected chi connectivity index (χ0v) is 13.8. The maximum absolute atomic E-state index is 5.49. The van der Waals surface area contributed by atoms with Gasteiger partial charge in [-0.1, -0.05) is 30.3 Å². The number of ether oxygens (including phenoxy) is 1. The second kappa shape index (κ2) is 7.92. The van der Waals surface area contributed by atoms with E-state index in [9.17, 15) is 0 Å². The molecule has 1 aliphatic rings. The van der Waals surface area contributed by atoms with Crippen LogP contribution in [0.25, 0.3) is 0 Å². The molecule has 1 aliphatic heterocycles. The SMILES string of the molecule is CCOCCCN1CC(C)(C)NCC1Cc1ccccc1. The Kier molecular flexibility index (Phi) is 6.22. The van der Waals surface area contributed by atoms with Gasteiger partial charge in [0, 0.05) is 44.4 Å². The highest BCUT2D eigenvalue weighted by Crippen LogP contribution is 2.18. The monoisotopic (exact) mass is 290 g/mol. The lowest BCUT2D eigenvalue weighted by Crippen LogP contribution is -2.62. The lowest BCUT2D eigenvalue weighted by Gasteiger charge is -2.45. The lowest BCUT2D eigenvalue weighted by molar-refractivity contribution is 0.0760. The number of hydrogen-bond donors (Lipinski definition) is 1. The number of nitrogens with zero attached hydrogens (tertiary/aromatic N) is 1. The third kappa shape index (κ3) is 5.42. The van der Waals surface area contributed by atoms with Gasteiger partial charge in [-0.25, -0.2) is 0 Å². The summed E-state index contributed by atoms with van der Waals surface area (Å²) >= 11 is 0. The highest BCUT2D eigenvalue weighted by atomic mass is 16.5. The average molecular weight is 290 g/mol. The van der Waals surface area contributed by atoms with E-state index in [0.29, 0.717) is 6.04 Å². The summed E-state index contributed by atoms with van der Waals surface area (Å²) < 4.78 is 5.49. The Morgan fingerprint density at radius 2 is 2.05 bits per heavy atom. The second-order valence-corrected chi connectivity index (χ2v) is 6.63. The van der Waals surface area contributed by atoms with Crippen molar-refractivity contribution in [3.05, 3.63) is 35.9 Å². The molecule has 21 heavy (non-hydrogen) atoms. The predicted octanol–water partition coefficient (Wildman–Crippen LogP) is 2.71. The minimum Gasteiger partial charge on any atom is -0.382 e. The van der Waals surface area contributed by atoms with Crippen LogP contribution in [0, 0.1) is 0 Å². The first-order chi connectivity index (χ1) is 10.1. The van der Waals surface area contributed by atoms with Gasteiger partial charge in [-0.15, -0.1) is 0 Å². The van der Waals surface area contributed by atoms with Crippen LogP contribution >= 0.6 is 0 Å². The molecule has 1 aromatic rings. The van der Waals surface area contributed by atoms with Crippen LogP contribution in [0.2, 0.25) is 0 Å². The van der Waals surface area contributed by atoms with Crippen molar-refractivity contribution in [2.45, 2.75) is 45.2 Å². The molecule has 0 saturated carbocycles. The molecule has 2 rings (SSSR count). The molecule has 0 aromatic heterocycles. The Bertz CT molecular complexity index is 405. The van der Waals surface area contributed by atoms with Crippen LogP contribution in [0.5, 0.6) is 0 Å². The Labute approximate surface area is 129 Å². The number of benzene rings is 1. The Morgan fingerprint density at radius 1 is 1.29 bits per heavy atom. The molecular formula is C18H30N2O. The molecule has 1 saturated heterocycles. The Hall–Kier alpha value is -0.900. The molecule has 1 heterocycles. The average Bonchev–Trinajstić information content (AvgIpc) is 2.47. The molecule has 0 spiro atoms. The minimum atomic E-state index is 0.207. The summed E-state index contributed by atoms with van der Waals surface area (Å²) in [6, 6.07) is 11.4. The second-order valence-electron chi connectivity index (χ2n) is 6.63. The van der Waals surface area contributed by atoms with Gasteiger partial charge in [0.1, 0.15) is 0 Å². The maximum Gasteiger partial charge on any atom is 0.0478 e. The van der Waals surface area contributed by atoms with E-state index in [4.69, 9.17) is 4.74 Å². The van der Waals surface area contributed by atoms with Gasteiger partial charge in [0.15, 0.2) is 0 Å². The van der Waals surface area contributed by atoms with Gasteiger partial charge in [0.2, 0.25) is 0 Å². The summed E-state index contributed by atoms with van der Waals surface area (Å²) in [5.74, 6) is 0. The zero-order valence-electron chi connectivity index (χ0n) is 13.8. The summed E-state index contributed by atoms with van der Waals surface area (Å²) in [4.78, 5) is 2.64. The molecule has 118 valence electrons. The van der Waals surface area contributed by atoms with Gasteiger partial charge in [-0.3, -0.25) is 4.90 Å². The van der Waals surface area contributed by atoms with Gasteiger partial charge in [-0.05, 0) is 39.2 Å². The first-order valence-electron chi connectivity index (χ1n) is 8.21. The summed E-state index contributed by atoms with van der Waals surface area (Å²) in [5, 5.41) is 3.69. The fourth-order valence-electron chi connectivity index (χ4n) is 3.08. The van der Waals surface area contributed by atoms with Crippen molar-refractivity contribution < 1.29 is 4.74 Å². The van der Waals surface area contributed by atoms with Crippen LogP contribution in [0.1, 0.15) is 32.8 Å². The van der Waals surface area contributed by atoms with Gasteiger partial charge in [0.05, 0.1) is 0 Å². The van der Waals surface area contributed by atoms with E-state index in [1.165, 1.54) is 5.56 Å². The van der Waals surface area contributed by atoms with Crippen molar-refractivity contribution in [3.8, 4) is 0 Å². The van der Waals surface area contributed by atoms with Crippen LogP contribution in [0.3, 0.4) is 0 Å². The highest BCUT2D eigenvalue weighted by molar-refractivity contribution is 5.16. The number of hydrogen-bond acceptors (Lipinski definition) is 3. The predicted molar refractivity (Wildman–Crippen MR) is 88.7 cm³/mol. The summed E-state index contributed by atoms with van der Waals surface area (Å²) in [6.07, 6.45) is 2.24. The fourth-order valence-corrected chi connectivity index (χ4v) is 3.08. The molecule has 1 aromatic carbocycles. The van der Waals surface area contributed by atoms with E-state index in [1.54, 1.807) is 0 Å². The number of rotatable bonds is 7. The van der Waals surface area contributed by atoms with E-state index in [0.717, 1.165) is 45.7 Å². The molecule has 0 bridgehead atoms. The molecule has 1 atom stereocenters. The molecular weight excluding hydrogens is 260 g/mol. The summed E-state index contributed by atoms with van der Waals surface area (Å²) in [5.41, 5.74) is 1.64. The molecule has 1 N–H and O–H groups in total. The third-order valence-corrected chi connectivity index (χ3v) is 4.18. The molecule has 1 fully saturated rings. The molecule has 0 radical (unpaired) electrons. The summed E-state index contributed by atoms with van der Waals surface area (Å²) in [7, 11) is 0. The van der Waals surface area contributed by atoms with Crippen LogP contribution in [-0.4, -0.2) is 49.3 Å². The van der Waals surface area contributed by atoms with Crippen LogP contribution in [0.15, 0.2) is 30.3 Å². The maximum atomic E-state index is 5.49. The minimum absolute atomic E-state index is 0.207. The van der Waals surface area contributed by atoms with E-state index in [1.807, 2.05) is 0 Å². The molecule has 3 nitrogen and oxygen atoms in total. The van der Waals surface area contributed by atoms with Crippen molar-refractivity contribution in [1.29, 1.82) is 0 Å². The highest BCUT2D eigenvalue weighted by Gasteiger charge is 2.31. The first kappa shape index (κ1) is 16.5. The molecule has 0 aliphatic carbocycles. The number of piperazine rings is 1. The largest absolute Gasteiger partial charge is 0.382 e. The van der Waals surface area contributed by atoms with Crippen LogP contribution < -0.4 is 5.32 Å². The Balaban J connectivity index is 1.92. The van der Waals surface area contributed by atoms with Crippen LogP contribution in [-0.2, 0) is 11.2 Å². The van der Waals surface area contributed by atoms with Gasteiger partial charge < -0.3 is 10.1 Å². The smallest absolute Gasteiger partial charge is 0.0478 e. The number of nitrogens with one attached hydrogen (secondary N) is 1. The van der Waals surface area contributed by atoms with E-state index in [-0.39, 0.29) is 5.54 Å². The first-order valence-corrected chi connectivity index (χ1v) is 8.21. The van der Waals surface area contributed by atoms with Crippen molar-refractivity contribution in [1.82, 2.24) is 10.2 Å². The van der Waals surface area contributed by atoms with E-state index < -0.39 is 0 Å².